The highest BCUT2D eigenvalue weighted by atomic mass is 127. The SMILES string of the molecule is CN=C(NCC(=O)NC(C)(C)C)NCc1ccccc1CN1CCCC1=O.I. The monoisotopic (exact) mass is 501 g/mol. The third-order valence-electron chi connectivity index (χ3n) is 4.25. The molecular formula is C20H32IN5O2. The molecule has 156 valence electrons. The van der Waals surface area contributed by atoms with Crippen molar-refractivity contribution >= 4 is 41.8 Å². The molecule has 1 aliphatic heterocycles. The van der Waals surface area contributed by atoms with Crippen LogP contribution in [0.2, 0.25) is 0 Å². The van der Waals surface area contributed by atoms with Crippen molar-refractivity contribution in [3.05, 3.63) is 35.4 Å². The van der Waals surface area contributed by atoms with E-state index in [0.717, 1.165) is 24.1 Å². The number of nitrogens with zero attached hydrogens (tertiary/aromatic N) is 2. The minimum atomic E-state index is -0.262. The van der Waals surface area contributed by atoms with E-state index in [1.54, 1.807) is 7.05 Å². The number of carbonyl (C=O) groups is 2. The average molecular weight is 501 g/mol. The van der Waals surface area contributed by atoms with Gasteiger partial charge < -0.3 is 20.9 Å². The third kappa shape index (κ3) is 8.04. The van der Waals surface area contributed by atoms with E-state index in [-0.39, 0.29) is 47.9 Å². The van der Waals surface area contributed by atoms with E-state index in [2.05, 4.69) is 27.0 Å². The van der Waals surface area contributed by atoms with Crippen molar-refractivity contribution in [2.75, 3.05) is 20.1 Å². The quantitative estimate of drug-likeness (QED) is 0.316. The molecule has 0 atom stereocenters. The summed E-state index contributed by atoms with van der Waals surface area (Å²) in [6.45, 7) is 8.02. The summed E-state index contributed by atoms with van der Waals surface area (Å²) in [6.07, 6.45) is 1.58. The molecule has 2 amide bonds. The fourth-order valence-corrected chi connectivity index (χ4v) is 2.99. The van der Waals surface area contributed by atoms with Crippen molar-refractivity contribution in [3.8, 4) is 0 Å². The fraction of sp³-hybridized carbons (Fsp3) is 0.550. The molecule has 7 nitrogen and oxygen atoms in total. The Labute approximate surface area is 184 Å². The second-order valence-corrected chi connectivity index (χ2v) is 7.77. The topological polar surface area (TPSA) is 85.8 Å². The Morgan fingerprint density at radius 3 is 2.43 bits per heavy atom. The van der Waals surface area contributed by atoms with Crippen molar-refractivity contribution in [2.45, 2.75) is 52.2 Å². The maximum Gasteiger partial charge on any atom is 0.239 e. The first kappa shape index (κ1) is 24.2. The van der Waals surface area contributed by atoms with Crippen LogP contribution in [0.3, 0.4) is 0 Å². The summed E-state index contributed by atoms with van der Waals surface area (Å²) in [7, 11) is 1.67. The summed E-state index contributed by atoms with van der Waals surface area (Å²) in [5.74, 6) is 0.699. The van der Waals surface area contributed by atoms with E-state index in [1.165, 1.54) is 0 Å². The van der Waals surface area contributed by atoms with Crippen LogP contribution in [0.4, 0.5) is 0 Å². The zero-order chi connectivity index (χ0) is 19.9. The van der Waals surface area contributed by atoms with Gasteiger partial charge in [0, 0.05) is 38.6 Å². The standard InChI is InChI=1S/C20H31N5O2.HI/c1-20(2,3)24-17(26)13-23-19(21-4)22-12-15-8-5-6-9-16(15)14-25-11-7-10-18(25)27;/h5-6,8-9H,7,10-14H2,1-4H3,(H,24,26)(H2,21,22,23);1H. The maximum atomic E-state index is 11.9. The van der Waals surface area contributed by atoms with Crippen LogP contribution < -0.4 is 16.0 Å². The van der Waals surface area contributed by atoms with Gasteiger partial charge in [-0.2, -0.15) is 0 Å². The van der Waals surface area contributed by atoms with Crippen molar-refractivity contribution in [3.63, 3.8) is 0 Å². The molecule has 0 aliphatic carbocycles. The van der Waals surface area contributed by atoms with Gasteiger partial charge in [0.05, 0.1) is 6.54 Å². The Hall–Kier alpha value is -1.84. The molecule has 1 heterocycles. The zero-order valence-electron chi connectivity index (χ0n) is 17.2. The molecule has 1 aromatic rings. The number of amides is 2. The second-order valence-electron chi connectivity index (χ2n) is 7.77. The lowest BCUT2D eigenvalue weighted by atomic mass is 10.1. The van der Waals surface area contributed by atoms with Crippen LogP contribution in [0.15, 0.2) is 29.3 Å². The largest absolute Gasteiger partial charge is 0.352 e. The summed E-state index contributed by atoms with van der Waals surface area (Å²) in [5.41, 5.74) is 1.97. The number of guanidine groups is 1. The molecule has 0 spiro atoms. The first-order valence-electron chi connectivity index (χ1n) is 9.38. The summed E-state index contributed by atoms with van der Waals surface area (Å²) in [5, 5.41) is 9.16. The van der Waals surface area contributed by atoms with Gasteiger partial charge in [0.25, 0.3) is 0 Å². The molecule has 1 aromatic carbocycles. The normalized spacial score (nSPS) is 14.5. The van der Waals surface area contributed by atoms with E-state index < -0.39 is 0 Å². The van der Waals surface area contributed by atoms with Gasteiger partial charge in [-0.3, -0.25) is 14.6 Å². The number of hydrogen-bond acceptors (Lipinski definition) is 3. The molecule has 8 heteroatoms. The summed E-state index contributed by atoms with van der Waals surface area (Å²) >= 11 is 0. The second kappa shape index (κ2) is 11.2. The smallest absolute Gasteiger partial charge is 0.239 e. The number of likely N-dealkylation sites (tertiary alicyclic amines) is 1. The summed E-state index contributed by atoms with van der Waals surface area (Å²) < 4.78 is 0. The number of halogens is 1. The Balaban J connectivity index is 0.00000392. The van der Waals surface area contributed by atoms with Gasteiger partial charge in [0.1, 0.15) is 0 Å². The van der Waals surface area contributed by atoms with Crippen molar-refractivity contribution < 1.29 is 9.59 Å². The van der Waals surface area contributed by atoms with Crippen LogP contribution in [-0.4, -0.2) is 48.3 Å². The Morgan fingerprint density at radius 1 is 1.18 bits per heavy atom. The summed E-state index contributed by atoms with van der Waals surface area (Å²) in [6, 6.07) is 8.07. The van der Waals surface area contributed by atoms with E-state index >= 15 is 0 Å². The van der Waals surface area contributed by atoms with E-state index in [1.807, 2.05) is 43.9 Å². The van der Waals surface area contributed by atoms with Crippen LogP contribution in [0, 0.1) is 0 Å². The molecule has 28 heavy (non-hydrogen) atoms. The van der Waals surface area contributed by atoms with Crippen LogP contribution in [0.25, 0.3) is 0 Å². The van der Waals surface area contributed by atoms with Gasteiger partial charge in [-0.15, -0.1) is 24.0 Å². The predicted molar refractivity (Wildman–Crippen MR) is 123 cm³/mol. The fourth-order valence-electron chi connectivity index (χ4n) is 2.99. The van der Waals surface area contributed by atoms with Gasteiger partial charge in [0.2, 0.25) is 11.8 Å². The first-order valence-corrected chi connectivity index (χ1v) is 9.38. The molecule has 2 rings (SSSR count). The lowest BCUT2D eigenvalue weighted by Crippen LogP contribution is -2.48. The van der Waals surface area contributed by atoms with Crippen LogP contribution in [-0.2, 0) is 22.7 Å². The number of benzene rings is 1. The van der Waals surface area contributed by atoms with Crippen LogP contribution in [0.1, 0.15) is 44.7 Å². The molecule has 0 radical (unpaired) electrons. The highest BCUT2D eigenvalue weighted by Crippen LogP contribution is 2.17. The highest BCUT2D eigenvalue weighted by Gasteiger charge is 2.21. The van der Waals surface area contributed by atoms with Gasteiger partial charge in [-0.05, 0) is 38.3 Å². The molecule has 0 unspecified atom stereocenters. The number of rotatable bonds is 6. The van der Waals surface area contributed by atoms with Crippen LogP contribution >= 0.6 is 24.0 Å². The highest BCUT2D eigenvalue weighted by molar-refractivity contribution is 14.0. The predicted octanol–water partition coefficient (Wildman–Crippen LogP) is 2.01. The number of aliphatic imine (C=N–C) groups is 1. The molecule has 0 bridgehead atoms. The zero-order valence-corrected chi connectivity index (χ0v) is 19.5. The van der Waals surface area contributed by atoms with Gasteiger partial charge >= 0.3 is 0 Å². The van der Waals surface area contributed by atoms with Crippen molar-refractivity contribution in [1.29, 1.82) is 0 Å². The number of hydrogen-bond donors (Lipinski definition) is 3. The van der Waals surface area contributed by atoms with Gasteiger partial charge in [-0.1, -0.05) is 24.3 Å². The van der Waals surface area contributed by atoms with E-state index in [4.69, 9.17) is 0 Å². The Kier molecular flexibility index (Phi) is 9.71. The minimum Gasteiger partial charge on any atom is -0.352 e. The van der Waals surface area contributed by atoms with Crippen LogP contribution in [0.5, 0.6) is 0 Å². The Bertz CT molecular complexity index is 700. The van der Waals surface area contributed by atoms with Gasteiger partial charge in [0.15, 0.2) is 5.96 Å². The lowest BCUT2D eigenvalue weighted by molar-refractivity contribution is -0.128. The molecule has 1 saturated heterocycles. The Morgan fingerprint density at radius 2 is 1.86 bits per heavy atom. The maximum absolute atomic E-state index is 11.9. The number of nitrogens with one attached hydrogen (secondary N) is 3. The van der Waals surface area contributed by atoms with E-state index in [9.17, 15) is 9.59 Å². The molecule has 0 saturated carbocycles. The third-order valence-corrected chi connectivity index (χ3v) is 4.25. The van der Waals surface area contributed by atoms with E-state index in [0.29, 0.717) is 25.5 Å². The molecule has 0 aromatic heterocycles. The average Bonchev–Trinajstić information content (AvgIpc) is 2.99. The summed E-state index contributed by atoms with van der Waals surface area (Å²) in [4.78, 5) is 29.9. The van der Waals surface area contributed by atoms with Gasteiger partial charge in [-0.25, -0.2) is 0 Å². The van der Waals surface area contributed by atoms with Crippen molar-refractivity contribution in [1.82, 2.24) is 20.9 Å². The lowest BCUT2D eigenvalue weighted by Gasteiger charge is -2.21. The first-order chi connectivity index (χ1) is 12.8. The molecule has 1 fully saturated rings. The molecule has 1 aliphatic rings. The molecule has 3 N–H and O–H groups in total. The van der Waals surface area contributed by atoms with Crippen molar-refractivity contribution in [2.24, 2.45) is 4.99 Å². The molecular weight excluding hydrogens is 469 g/mol. The number of carbonyl (C=O) groups excluding carboxylic acids is 2. The minimum absolute atomic E-state index is 0.